The molecule has 4 heteroatoms. The molecule has 0 aliphatic heterocycles. The molecule has 2 heterocycles. The Labute approximate surface area is 116 Å². The minimum absolute atomic E-state index is 0.230. The number of anilines is 1. The smallest absolute Gasteiger partial charge is 0.123 e. The van der Waals surface area contributed by atoms with Crippen molar-refractivity contribution in [3.8, 4) is 0 Å². The summed E-state index contributed by atoms with van der Waals surface area (Å²) in [5, 5.41) is 4.46. The van der Waals surface area contributed by atoms with E-state index in [1.165, 1.54) is 23.1 Å². The van der Waals surface area contributed by atoms with Crippen molar-refractivity contribution in [3.63, 3.8) is 0 Å². The lowest BCUT2D eigenvalue weighted by Gasteiger charge is -2.06. The lowest BCUT2D eigenvalue weighted by Crippen LogP contribution is -2.02. The lowest BCUT2D eigenvalue weighted by atomic mass is 10.1. The molecule has 0 fully saturated rings. The van der Waals surface area contributed by atoms with Crippen LogP contribution in [0.1, 0.15) is 17.0 Å². The van der Waals surface area contributed by atoms with Crippen LogP contribution in [0.15, 0.2) is 36.5 Å². The van der Waals surface area contributed by atoms with E-state index in [4.69, 9.17) is 0 Å². The second kappa shape index (κ2) is 4.96. The summed E-state index contributed by atoms with van der Waals surface area (Å²) in [7, 11) is 0. The molecule has 0 amide bonds. The second-order valence-corrected chi connectivity index (χ2v) is 4.92. The van der Waals surface area contributed by atoms with Crippen LogP contribution in [0.25, 0.3) is 10.9 Å². The molecule has 3 nitrogen and oxygen atoms in total. The SMILES string of the molecule is Cc1[nH]c2c(CNc3ccc(F)cc3)nccc2c1C. The standard InChI is InChI=1S/C16H16FN3/c1-10-11(2)20-16-14(10)7-8-18-15(16)9-19-13-5-3-12(17)4-6-13/h3-8,19-20H,9H2,1-2H3. The Hall–Kier alpha value is -2.36. The molecule has 0 aliphatic rings. The van der Waals surface area contributed by atoms with Crippen LogP contribution in [0.4, 0.5) is 10.1 Å². The number of fused-ring (bicyclic) bond motifs is 1. The fraction of sp³-hybridized carbons (Fsp3) is 0.188. The molecule has 102 valence electrons. The number of halogens is 1. The molecule has 0 bridgehead atoms. The highest BCUT2D eigenvalue weighted by Crippen LogP contribution is 2.23. The zero-order valence-electron chi connectivity index (χ0n) is 11.5. The van der Waals surface area contributed by atoms with E-state index in [0.29, 0.717) is 6.54 Å². The minimum Gasteiger partial charge on any atom is -0.379 e. The van der Waals surface area contributed by atoms with Crippen molar-refractivity contribution in [1.82, 2.24) is 9.97 Å². The molecule has 0 atom stereocenters. The van der Waals surface area contributed by atoms with Gasteiger partial charge in [0, 0.05) is 23.0 Å². The van der Waals surface area contributed by atoms with E-state index in [9.17, 15) is 4.39 Å². The van der Waals surface area contributed by atoms with Crippen molar-refractivity contribution in [2.24, 2.45) is 0 Å². The van der Waals surface area contributed by atoms with Crippen molar-refractivity contribution < 1.29 is 4.39 Å². The maximum Gasteiger partial charge on any atom is 0.123 e. The van der Waals surface area contributed by atoms with E-state index in [2.05, 4.69) is 29.1 Å². The maximum absolute atomic E-state index is 12.9. The van der Waals surface area contributed by atoms with Gasteiger partial charge in [-0.1, -0.05) is 0 Å². The summed E-state index contributed by atoms with van der Waals surface area (Å²) in [6.45, 7) is 4.76. The van der Waals surface area contributed by atoms with Crippen molar-refractivity contribution in [1.29, 1.82) is 0 Å². The van der Waals surface area contributed by atoms with Gasteiger partial charge in [-0.2, -0.15) is 0 Å². The summed E-state index contributed by atoms with van der Waals surface area (Å²) in [4.78, 5) is 7.80. The highest BCUT2D eigenvalue weighted by atomic mass is 19.1. The van der Waals surface area contributed by atoms with E-state index < -0.39 is 0 Å². The van der Waals surface area contributed by atoms with Crippen LogP contribution in [-0.2, 0) is 6.54 Å². The summed E-state index contributed by atoms with van der Waals surface area (Å²) < 4.78 is 12.9. The summed E-state index contributed by atoms with van der Waals surface area (Å²) in [5.74, 6) is -0.230. The Balaban J connectivity index is 1.87. The minimum atomic E-state index is -0.230. The Morgan fingerprint density at radius 2 is 1.90 bits per heavy atom. The van der Waals surface area contributed by atoms with Gasteiger partial charge in [-0.15, -0.1) is 0 Å². The lowest BCUT2D eigenvalue weighted by molar-refractivity contribution is 0.628. The van der Waals surface area contributed by atoms with Gasteiger partial charge in [0.25, 0.3) is 0 Å². The van der Waals surface area contributed by atoms with E-state index in [1.807, 2.05) is 12.3 Å². The number of aromatic amines is 1. The van der Waals surface area contributed by atoms with Crippen LogP contribution in [0, 0.1) is 19.7 Å². The monoisotopic (exact) mass is 269 g/mol. The van der Waals surface area contributed by atoms with Gasteiger partial charge < -0.3 is 10.3 Å². The first-order chi connectivity index (χ1) is 9.65. The first-order valence-electron chi connectivity index (χ1n) is 6.57. The molecule has 0 aliphatic carbocycles. The second-order valence-electron chi connectivity index (χ2n) is 4.92. The van der Waals surface area contributed by atoms with E-state index >= 15 is 0 Å². The van der Waals surface area contributed by atoms with Crippen molar-refractivity contribution >= 4 is 16.6 Å². The van der Waals surface area contributed by atoms with Crippen LogP contribution in [0.2, 0.25) is 0 Å². The van der Waals surface area contributed by atoms with Gasteiger partial charge >= 0.3 is 0 Å². The topological polar surface area (TPSA) is 40.7 Å². The highest BCUT2D eigenvalue weighted by Gasteiger charge is 2.08. The predicted octanol–water partition coefficient (Wildman–Crippen LogP) is 3.93. The maximum atomic E-state index is 12.9. The first kappa shape index (κ1) is 12.7. The van der Waals surface area contributed by atoms with Crippen molar-refractivity contribution in [2.45, 2.75) is 20.4 Å². The van der Waals surface area contributed by atoms with Gasteiger partial charge in [0.1, 0.15) is 5.82 Å². The number of nitrogens with zero attached hydrogens (tertiary/aromatic N) is 1. The molecule has 0 saturated heterocycles. The van der Waals surface area contributed by atoms with Crippen LogP contribution < -0.4 is 5.32 Å². The molecular formula is C16H16FN3. The van der Waals surface area contributed by atoms with Crippen LogP contribution >= 0.6 is 0 Å². The molecule has 1 aromatic carbocycles. The summed E-state index contributed by atoms with van der Waals surface area (Å²) in [6.07, 6.45) is 1.82. The third-order valence-electron chi connectivity index (χ3n) is 3.61. The first-order valence-corrected chi connectivity index (χ1v) is 6.57. The molecule has 2 N–H and O–H groups in total. The molecule has 0 saturated carbocycles. The van der Waals surface area contributed by atoms with Crippen molar-refractivity contribution in [3.05, 3.63) is 59.3 Å². The van der Waals surface area contributed by atoms with Crippen LogP contribution in [0.5, 0.6) is 0 Å². The van der Waals surface area contributed by atoms with Crippen molar-refractivity contribution in [2.75, 3.05) is 5.32 Å². The number of pyridine rings is 1. The van der Waals surface area contributed by atoms with Crippen LogP contribution in [-0.4, -0.2) is 9.97 Å². The van der Waals surface area contributed by atoms with Crippen LogP contribution in [0.3, 0.4) is 0 Å². The van der Waals surface area contributed by atoms with E-state index in [1.54, 1.807) is 12.1 Å². The Morgan fingerprint density at radius 3 is 2.65 bits per heavy atom. The third-order valence-corrected chi connectivity index (χ3v) is 3.61. The molecule has 20 heavy (non-hydrogen) atoms. The fourth-order valence-corrected chi connectivity index (χ4v) is 2.33. The zero-order valence-corrected chi connectivity index (χ0v) is 11.5. The van der Waals surface area contributed by atoms with Gasteiger partial charge in [0.15, 0.2) is 0 Å². The molecule has 2 aromatic heterocycles. The summed E-state index contributed by atoms with van der Waals surface area (Å²) in [6, 6.07) is 8.36. The summed E-state index contributed by atoms with van der Waals surface area (Å²) in [5.41, 5.74) is 5.33. The van der Waals surface area contributed by atoms with E-state index in [-0.39, 0.29) is 5.82 Å². The molecule has 0 unspecified atom stereocenters. The summed E-state index contributed by atoms with van der Waals surface area (Å²) >= 11 is 0. The molecule has 3 rings (SSSR count). The quantitative estimate of drug-likeness (QED) is 0.756. The largest absolute Gasteiger partial charge is 0.379 e. The number of rotatable bonds is 3. The average molecular weight is 269 g/mol. The number of benzene rings is 1. The number of aryl methyl sites for hydroxylation is 2. The number of nitrogens with one attached hydrogen (secondary N) is 2. The van der Waals surface area contributed by atoms with Gasteiger partial charge in [-0.25, -0.2) is 4.39 Å². The zero-order chi connectivity index (χ0) is 14.1. The molecule has 3 aromatic rings. The molecule has 0 radical (unpaired) electrons. The van der Waals surface area contributed by atoms with Gasteiger partial charge in [-0.05, 0) is 49.7 Å². The molecular weight excluding hydrogens is 253 g/mol. The predicted molar refractivity (Wildman–Crippen MR) is 79.3 cm³/mol. The fourth-order valence-electron chi connectivity index (χ4n) is 2.33. The third kappa shape index (κ3) is 2.25. The van der Waals surface area contributed by atoms with Gasteiger partial charge in [0.2, 0.25) is 0 Å². The number of aromatic nitrogens is 2. The Morgan fingerprint density at radius 1 is 1.15 bits per heavy atom. The Kier molecular flexibility index (Phi) is 3.14. The normalized spacial score (nSPS) is 10.9. The average Bonchev–Trinajstić information content (AvgIpc) is 2.75. The highest BCUT2D eigenvalue weighted by molar-refractivity contribution is 5.86. The van der Waals surface area contributed by atoms with Gasteiger partial charge in [-0.3, -0.25) is 4.98 Å². The Bertz CT molecular complexity index is 744. The number of hydrogen-bond donors (Lipinski definition) is 2. The van der Waals surface area contributed by atoms with E-state index in [0.717, 1.165) is 22.6 Å². The van der Waals surface area contributed by atoms with Gasteiger partial charge in [0.05, 0.1) is 17.8 Å². The number of H-pyrrole nitrogens is 1. The molecule has 0 spiro atoms. The number of hydrogen-bond acceptors (Lipinski definition) is 2.